The quantitative estimate of drug-likeness (QED) is 0.784. The van der Waals surface area contributed by atoms with Crippen molar-refractivity contribution in [3.05, 3.63) is 34.3 Å². The second kappa shape index (κ2) is 4.40. The first-order chi connectivity index (χ1) is 8.56. The monoisotopic (exact) mass is 251 g/mol. The van der Waals surface area contributed by atoms with Crippen LogP contribution < -0.4 is 0 Å². The number of ketones is 2. The van der Waals surface area contributed by atoms with Crippen LogP contribution in [-0.2, 0) is 25.0 Å². The molecular weight excluding hydrogens is 238 g/mol. The van der Waals surface area contributed by atoms with Gasteiger partial charge in [-0.3, -0.25) is 9.59 Å². The second-order valence-corrected chi connectivity index (χ2v) is 3.93. The number of Topliss-reactive ketones (excluding diaryl/α,β-unsaturated/α-hetero) is 1. The highest BCUT2D eigenvalue weighted by atomic mass is 16.5. The van der Waals surface area contributed by atoms with Crippen molar-refractivity contribution in [1.82, 2.24) is 4.57 Å². The average Bonchev–Trinajstić information content (AvgIpc) is 2.66. The second-order valence-electron chi connectivity index (χ2n) is 3.93. The Balaban J connectivity index is 2.75. The topological polar surface area (TPSA) is 88.8 Å². The molecule has 6 nitrogen and oxygen atoms in total. The predicted molar refractivity (Wildman–Crippen MR) is 61.0 cm³/mol. The maximum absolute atomic E-state index is 12.1. The minimum absolute atomic E-state index is 0.0581. The Bertz CT molecular complexity index is 568. The van der Waals surface area contributed by atoms with E-state index in [0.717, 1.165) is 6.08 Å². The number of nitrogens with zero attached hydrogens (tertiary/aromatic N) is 1. The Kier molecular flexibility index (Phi) is 3.06. The minimum Gasteiger partial charge on any atom is -0.492 e. The zero-order valence-electron chi connectivity index (χ0n) is 10.1. The van der Waals surface area contributed by atoms with Crippen molar-refractivity contribution in [3.8, 4) is 0 Å². The summed E-state index contributed by atoms with van der Waals surface area (Å²) in [7, 11) is 2.87. The van der Waals surface area contributed by atoms with Crippen LogP contribution in [0.25, 0.3) is 0 Å². The maximum Gasteiger partial charge on any atom is 0.230 e. The van der Waals surface area contributed by atoms with E-state index in [1.165, 1.54) is 11.7 Å². The molecule has 0 bridgehead atoms. The number of carbonyl (C=O) groups excluding carboxylic acids is 2. The summed E-state index contributed by atoms with van der Waals surface area (Å²) in [4.78, 5) is 24.0. The van der Waals surface area contributed by atoms with E-state index in [1.807, 2.05) is 0 Å². The smallest absolute Gasteiger partial charge is 0.230 e. The minimum atomic E-state index is -0.452. The SMILES string of the molecule is COC1=CC(=O)c2c(c(CO)c(CO)n2C)C1=O. The summed E-state index contributed by atoms with van der Waals surface area (Å²) in [5.74, 6) is -0.887. The van der Waals surface area contributed by atoms with Crippen molar-refractivity contribution in [2.75, 3.05) is 7.11 Å². The lowest BCUT2D eigenvalue weighted by Gasteiger charge is -2.12. The third kappa shape index (κ3) is 1.50. The molecule has 1 aromatic rings. The summed E-state index contributed by atoms with van der Waals surface area (Å²) in [5.41, 5.74) is 0.924. The molecular formula is C12H13NO5. The zero-order valence-corrected chi connectivity index (χ0v) is 10.1. The molecule has 0 atom stereocenters. The summed E-state index contributed by atoms with van der Waals surface area (Å²) in [5, 5.41) is 18.6. The Hall–Kier alpha value is -1.92. The average molecular weight is 251 g/mol. The summed E-state index contributed by atoms with van der Waals surface area (Å²) >= 11 is 0. The van der Waals surface area contributed by atoms with Crippen LogP contribution >= 0.6 is 0 Å². The Morgan fingerprint density at radius 3 is 2.44 bits per heavy atom. The molecule has 0 radical (unpaired) electrons. The lowest BCUT2D eigenvalue weighted by atomic mass is 9.96. The molecule has 0 spiro atoms. The highest BCUT2D eigenvalue weighted by molar-refractivity contribution is 6.24. The van der Waals surface area contributed by atoms with Gasteiger partial charge in [0, 0.05) is 24.4 Å². The first-order valence-electron chi connectivity index (χ1n) is 5.33. The van der Waals surface area contributed by atoms with E-state index in [-0.39, 0.29) is 35.0 Å². The van der Waals surface area contributed by atoms with E-state index in [1.54, 1.807) is 7.05 Å². The first-order valence-corrected chi connectivity index (χ1v) is 5.33. The molecule has 1 aromatic heterocycles. The van der Waals surface area contributed by atoms with E-state index in [9.17, 15) is 19.8 Å². The number of aromatic nitrogens is 1. The summed E-state index contributed by atoms with van der Waals surface area (Å²) in [6.07, 6.45) is 1.12. The summed E-state index contributed by atoms with van der Waals surface area (Å²) in [6, 6.07) is 0. The predicted octanol–water partition coefficient (Wildman–Crippen LogP) is -0.0810. The van der Waals surface area contributed by atoms with Crippen molar-refractivity contribution in [2.24, 2.45) is 7.05 Å². The molecule has 2 N–H and O–H groups in total. The molecule has 0 aliphatic heterocycles. The van der Waals surface area contributed by atoms with Gasteiger partial charge in [0.25, 0.3) is 0 Å². The fourth-order valence-electron chi connectivity index (χ4n) is 2.22. The highest BCUT2D eigenvalue weighted by Crippen LogP contribution is 2.29. The Morgan fingerprint density at radius 1 is 1.28 bits per heavy atom. The van der Waals surface area contributed by atoms with E-state index in [4.69, 9.17) is 4.74 Å². The molecule has 2 rings (SSSR count). The van der Waals surface area contributed by atoms with Gasteiger partial charge < -0.3 is 19.5 Å². The van der Waals surface area contributed by atoms with Gasteiger partial charge in [-0.2, -0.15) is 0 Å². The van der Waals surface area contributed by atoms with Gasteiger partial charge in [0.1, 0.15) is 5.69 Å². The van der Waals surface area contributed by atoms with Crippen LogP contribution in [0.2, 0.25) is 0 Å². The lowest BCUT2D eigenvalue weighted by Crippen LogP contribution is -2.20. The molecule has 0 saturated carbocycles. The van der Waals surface area contributed by atoms with Gasteiger partial charge >= 0.3 is 0 Å². The number of hydrogen-bond acceptors (Lipinski definition) is 5. The molecule has 0 saturated heterocycles. The fourth-order valence-corrected chi connectivity index (χ4v) is 2.22. The number of hydrogen-bond donors (Lipinski definition) is 2. The lowest BCUT2D eigenvalue weighted by molar-refractivity contribution is 0.0911. The van der Waals surface area contributed by atoms with E-state index >= 15 is 0 Å². The molecule has 1 aliphatic rings. The zero-order chi connectivity index (χ0) is 13.4. The van der Waals surface area contributed by atoms with Crippen LogP contribution in [0.4, 0.5) is 0 Å². The highest BCUT2D eigenvalue weighted by Gasteiger charge is 2.34. The van der Waals surface area contributed by atoms with Crippen molar-refractivity contribution >= 4 is 11.6 Å². The van der Waals surface area contributed by atoms with Crippen LogP contribution in [0.5, 0.6) is 0 Å². The Morgan fingerprint density at radius 2 is 1.94 bits per heavy atom. The van der Waals surface area contributed by atoms with Crippen LogP contribution in [0.1, 0.15) is 32.1 Å². The van der Waals surface area contributed by atoms with E-state index in [0.29, 0.717) is 5.69 Å². The van der Waals surface area contributed by atoms with Gasteiger partial charge in [0.2, 0.25) is 11.6 Å². The van der Waals surface area contributed by atoms with Crippen LogP contribution in [-0.4, -0.2) is 33.5 Å². The number of fused-ring (bicyclic) bond motifs is 1. The van der Waals surface area contributed by atoms with Crippen molar-refractivity contribution < 1.29 is 24.5 Å². The number of carbonyl (C=O) groups is 2. The molecule has 6 heteroatoms. The number of ether oxygens (including phenoxy) is 1. The normalized spacial score (nSPS) is 14.6. The van der Waals surface area contributed by atoms with Crippen LogP contribution in [0, 0.1) is 0 Å². The fraction of sp³-hybridized carbons (Fsp3) is 0.333. The van der Waals surface area contributed by atoms with E-state index < -0.39 is 12.4 Å². The van der Waals surface area contributed by atoms with Gasteiger partial charge in [0.05, 0.1) is 25.9 Å². The molecule has 0 amide bonds. The van der Waals surface area contributed by atoms with Gasteiger partial charge in [-0.05, 0) is 0 Å². The van der Waals surface area contributed by atoms with Gasteiger partial charge in [-0.15, -0.1) is 0 Å². The van der Waals surface area contributed by atoms with Gasteiger partial charge in [-0.1, -0.05) is 0 Å². The van der Waals surface area contributed by atoms with Gasteiger partial charge in [-0.25, -0.2) is 0 Å². The molecule has 0 aromatic carbocycles. The molecule has 96 valence electrons. The van der Waals surface area contributed by atoms with Crippen LogP contribution in [0.3, 0.4) is 0 Å². The number of aliphatic hydroxyl groups excluding tert-OH is 2. The third-order valence-corrected chi connectivity index (χ3v) is 3.10. The van der Waals surface area contributed by atoms with Crippen molar-refractivity contribution in [1.29, 1.82) is 0 Å². The number of aliphatic hydroxyl groups is 2. The first kappa shape index (κ1) is 12.5. The van der Waals surface area contributed by atoms with Crippen molar-refractivity contribution in [3.63, 3.8) is 0 Å². The number of allylic oxidation sites excluding steroid dienone is 2. The molecule has 0 fully saturated rings. The van der Waals surface area contributed by atoms with Gasteiger partial charge in [0.15, 0.2) is 5.76 Å². The Labute approximate surface area is 103 Å². The largest absolute Gasteiger partial charge is 0.492 e. The van der Waals surface area contributed by atoms with E-state index in [2.05, 4.69) is 0 Å². The molecule has 0 unspecified atom stereocenters. The summed E-state index contributed by atoms with van der Waals surface area (Å²) in [6.45, 7) is -0.780. The molecule has 18 heavy (non-hydrogen) atoms. The molecule has 1 aliphatic carbocycles. The third-order valence-electron chi connectivity index (χ3n) is 3.10. The van der Waals surface area contributed by atoms with Crippen molar-refractivity contribution in [2.45, 2.75) is 13.2 Å². The van der Waals surface area contributed by atoms with Crippen LogP contribution in [0.15, 0.2) is 11.8 Å². The number of rotatable bonds is 3. The maximum atomic E-state index is 12.1. The standard InChI is InChI=1S/C12H13NO5/c1-13-7(5-15)6(4-14)10-11(13)8(16)3-9(18-2)12(10)17/h3,14-15H,4-5H2,1-2H3. The summed E-state index contributed by atoms with van der Waals surface area (Å²) < 4.78 is 6.28. The number of methoxy groups -OCH3 is 1. The molecule has 1 heterocycles.